The lowest BCUT2D eigenvalue weighted by atomic mass is 10.1. The zero-order valence-corrected chi connectivity index (χ0v) is 21.4. The first kappa shape index (κ1) is 26.3. The van der Waals surface area contributed by atoms with Crippen LogP contribution in [-0.4, -0.2) is 52.0 Å². The molecule has 0 bridgehead atoms. The number of unbranched alkanes of at least 4 members (excludes halogenated alkanes) is 1. The standard InChI is InChI=1S/C27H31N5O4S/c33-23(11-5-4-10-20-13-12-19-9-6-15-29-24(19)31-20)28-16-14-21(27(35)36)32-25(34)26-30-17-22(37-26)18-7-2-1-3-8-18/h1-3,7-8,12-13,17,21H,4-6,9-11,14-16H2,(H,28,33)(H,29,31)(H,32,34)(H,35,36). The Morgan fingerprint density at radius 1 is 1.11 bits per heavy atom. The van der Waals surface area contributed by atoms with Crippen LogP contribution in [0.5, 0.6) is 0 Å². The number of hydrogen-bond acceptors (Lipinski definition) is 7. The summed E-state index contributed by atoms with van der Waals surface area (Å²) in [5, 5.41) is 18.3. The SMILES string of the molecule is O=C(CCCCc1ccc2c(n1)NCCC2)NCCC(NC(=O)c1ncc(-c2ccccc2)s1)C(=O)O. The molecule has 2 amide bonds. The summed E-state index contributed by atoms with van der Waals surface area (Å²) in [6, 6.07) is 12.6. The van der Waals surface area contributed by atoms with Gasteiger partial charge in [-0.05, 0) is 55.7 Å². The Hall–Kier alpha value is -3.79. The largest absolute Gasteiger partial charge is 0.480 e. The zero-order chi connectivity index (χ0) is 26.0. The van der Waals surface area contributed by atoms with Crippen molar-refractivity contribution in [3.63, 3.8) is 0 Å². The molecule has 4 N–H and O–H groups in total. The van der Waals surface area contributed by atoms with Crippen molar-refractivity contribution in [2.75, 3.05) is 18.4 Å². The lowest BCUT2D eigenvalue weighted by Crippen LogP contribution is -2.43. The average Bonchev–Trinajstić information content (AvgIpc) is 3.41. The number of carboxylic acids is 1. The Morgan fingerprint density at radius 3 is 2.76 bits per heavy atom. The van der Waals surface area contributed by atoms with Gasteiger partial charge in [0.2, 0.25) is 5.91 Å². The number of fused-ring (bicyclic) bond motifs is 1. The predicted molar refractivity (Wildman–Crippen MR) is 143 cm³/mol. The molecule has 37 heavy (non-hydrogen) atoms. The number of rotatable bonds is 12. The molecule has 0 aliphatic carbocycles. The summed E-state index contributed by atoms with van der Waals surface area (Å²) in [5.41, 5.74) is 3.21. The van der Waals surface area contributed by atoms with E-state index in [1.165, 1.54) is 16.9 Å². The summed E-state index contributed by atoms with van der Waals surface area (Å²) in [6.07, 6.45) is 6.58. The van der Waals surface area contributed by atoms with E-state index in [-0.39, 0.29) is 23.9 Å². The van der Waals surface area contributed by atoms with Crippen molar-refractivity contribution >= 4 is 34.9 Å². The molecule has 9 nitrogen and oxygen atoms in total. The van der Waals surface area contributed by atoms with E-state index < -0.39 is 17.9 Å². The molecule has 0 saturated carbocycles. The van der Waals surface area contributed by atoms with E-state index in [9.17, 15) is 19.5 Å². The minimum Gasteiger partial charge on any atom is -0.480 e. The third kappa shape index (κ3) is 7.60. The van der Waals surface area contributed by atoms with Crippen LogP contribution in [0.25, 0.3) is 10.4 Å². The number of aryl methyl sites for hydroxylation is 2. The van der Waals surface area contributed by atoms with Crippen LogP contribution in [0.4, 0.5) is 5.82 Å². The molecule has 1 aliphatic heterocycles. The van der Waals surface area contributed by atoms with Gasteiger partial charge in [-0.2, -0.15) is 0 Å². The van der Waals surface area contributed by atoms with Crippen LogP contribution in [0.2, 0.25) is 0 Å². The van der Waals surface area contributed by atoms with Crippen LogP contribution < -0.4 is 16.0 Å². The molecule has 194 valence electrons. The summed E-state index contributed by atoms with van der Waals surface area (Å²) in [6.45, 7) is 1.11. The van der Waals surface area contributed by atoms with E-state index in [0.717, 1.165) is 54.2 Å². The molecule has 0 saturated heterocycles. The van der Waals surface area contributed by atoms with Crippen LogP contribution >= 0.6 is 11.3 Å². The van der Waals surface area contributed by atoms with Crippen molar-refractivity contribution in [2.24, 2.45) is 0 Å². The topological polar surface area (TPSA) is 133 Å². The Labute approximate surface area is 219 Å². The number of nitrogens with one attached hydrogen (secondary N) is 3. The number of aliphatic carboxylic acids is 1. The highest BCUT2D eigenvalue weighted by atomic mass is 32.1. The first-order valence-corrected chi connectivity index (χ1v) is 13.4. The summed E-state index contributed by atoms with van der Waals surface area (Å²) in [5.74, 6) is -0.859. The second kappa shape index (κ2) is 13.0. The minimum absolute atomic E-state index is 0.0791. The first-order valence-electron chi connectivity index (χ1n) is 12.5. The molecule has 1 atom stereocenters. The molecule has 4 rings (SSSR count). The molecule has 1 aliphatic rings. The van der Waals surface area contributed by atoms with Crippen molar-refractivity contribution in [1.82, 2.24) is 20.6 Å². The van der Waals surface area contributed by atoms with Crippen LogP contribution in [-0.2, 0) is 22.4 Å². The summed E-state index contributed by atoms with van der Waals surface area (Å²) in [7, 11) is 0. The highest BCUT2D eigenvalue weighted by Gasteiger charge is 2.22. The second-order valence-electron chi connectivity index (χ2n) is 8.95. The number of carboxylic acid groups (broad SMARTS) is 1. The van der Waals surface area contributed by atoms with E-state index in [4.69, 9.17) is 0 Å². The normalized spacial score (nSPS) is 13.2. The van der Waals surface area contributed by atoms with Gasteiger partial charge in [-0.15, -0.1) is 11.3 Å². The molecule has 0 spiro atoms. The van der Waals surface area contributed by atoms with Gasteiger partial charge in [0.15, 0.2) is 5.01 Å². The van der Waals surface area contributed by atoms with E-state index in [0.29, 0.717) is 12.8 Å². The molecule has 0 radical (unpaired) electrons. The van der Waals surface area contributed by atoms with Crippen molar-refractivity contribution in [3.8, 4) is 10.4 Å². The van der Waals surface area contributed by atoms with Gasteiger partial charge in [0.05, 0.1) is 4.88 Å². The van der Waals surface area contributed by atoms with Crippen LogP contribution in [0, 0.1) is 0 Å². The maximum absolute atomic E-state index is 12.5. The molecular weight excluding hydrogens is 490 g/mol. The quantitative estimate of drug-likeness (QED) is 0.267. The number of aromatic nitrogens is 2. The Kier molecular flexibility index (Phi) is 9.20. The molecule has 3 aromatic rings. The first-order chi connectivity index (χ1) is 18.0. The number of nitrogens with zero attached hydrogens (tertiary/aromatic N) is 2. The number of benzene rings is 1. The maximum Gasteiger partial charge on any atom is 0.326 e. The predicted octanol–water partition coefficient (Wildman–Crippen LogP) is 3.67. The highest BCUT2D eigenvalue weighted by Crippen LogP contribution is 2.25. The van der Waals surface area contributed by atoms with Gasteiger partial charge in [0.25, 0.3) is 5.91 Å². The zero-order valence-electron chi connectivity index (χ0n) is 20.5. The van der Waals surface area contributed by atoms with E-state index >= 15 is 0 Å². The van der Waals surface area contributed by atoms with Gasteiger partial charge in [-0.25, -0.2) is 14.8 Å². The molecule has 3 heterocycles. The lowest BCUT2D eigenvalue weighted by Gasteiger charge is -2.17. The summed E-state index contributed by atoms with van der Waals surface area (Å²) >= 11 is 1.20. The van der Waals surface area contributed by atoms with E-state index in [1.807, 2.05) is 30.3 Å². The van der Waals surface area contributed by atoms with E-state index in [1.54, 1.807) is 6.20 Å². The maximum atomic E-state index is 12.5. The monoisotopic (exact) mass is 521 g/mol. The average molecular weight is 522 g/mol. The van der Waals surface area contributed by atoms with Crippen LogP contribution in [0.3, 0.4) is 0 Å². The van der Waals surface area contributed by atoms with E-state index in [2.05, 4.69) is 38.1 Å². The summed E-state index contributed by atoms with van der Waals surface area (Å²) < 4.78 is 0. The number of anilines is 1. The van der Waals surface area contributed by atoms with Gasteiger partial charge >= 0.3 is 5.97 Å². The molecule has 2 aromatic heterocycles. The molecule has 0 fully saturated rings. The van der Waals surface area contributed by atoms with Crippen LogP contribution in [0.1, 0.15) is 53.2 Å². The third-order valence-electron chi connectivity index (χ3n) is 6.16. The number of thiazole rings is 1. The van der Waals surface area contributed by atoms with Gasteiger partial charge in [0.1, 0.15) is 11.9 Å². The van der Waals surface area contributed by atoms with Gasteiger partial charge in [-0.3, -0.25) is 9.59 Å². The number of carbonyl (C=O) groups excluding carboxylic acids is 2. The second-order valence-corrected chi connectivity index (χ2v) is 9.98. The smallest absolute Gasteiger partial charge is 0.326 e. The Bertz CT molecular complexity index is 1230. The van der Waals surface area contributed by atoms with Crippen molar-refractivity contribution in [1.29, 1.82) is 0 Å². The van der Waals surface area contributed by atoms with Crippen LogP contribution in [0.15, 0.2) is 48.7 Å². The van der Waals surface area contributed by atoms with Gasteiger partial charge < -0.3 is 21.1 Å². The van der Waals surface area contributed by atoms with Crippen molar-refractivity contribution in [2.45, 2.75) is 51.0 Å². The fourth-order valence-electron chi connectivity index (χ4n) is 4.14. The van der Waals surface area contributed by atoms with Crippen molar-refractivity contribution < 1.29 is 19.5 Å². The fourth-order valence-corrected chi connectivity index (χ4v) is 4.96. The molecule has 1 unspecified atom stereocenters. The van der Waals surface area contributed by atoms with Gasteiger partial charge in [0, 0.05) is 31.4 Å². The summed E-state index contributed by atoms with van der Waals surface area (Å²) in [4.78, 5) is 46.0. The number of carbonyl (C=O) groups is 3. The van der Waals surface area contributed by atoms with Gasteiger partial charge in [-0.1, -0.05) is 36.4 Å². The number of amides is 2. The highest BCUT2D eigenvalue weighted by molar-refractivity contribution is 7.17. The molecular formula is C27H31N5O4S. The third-order valence-corrected chi connectivity index (χ3v) is 7.20. The minimum atomic E-state index is -1.16. The molecule has 1 aromatic carbocycles. The lowest BCUT2D eigenvalue weighted by molar-refractivity contribution is -0.139. The fraction of sp³-hybridized carbons (Fsp3) is 0.370. The Balaban J connectivity index is 1.16. The number of hydrogen-bond donors (Lipinski definition) is 4. The van der Waals surface area contributed by atoms with Crippen molar-refractivity contribution in [3.05, 3.63) is 64.9 Å². The number of pyridine rings is 1. The molecule has 10 heteroatoms. The Morgan fingerprint density at radius 2 is 1.95 bits per heavy atom.